The molecule has 4 saturated carbocycles. The van der Waals surface area contributed by atoms with Gasteiger partial charge >= 0.3 is 6.09 Å². The second-order valence-corrected chi connectivity index (χ2v) is 20.4. The van der Waals surface area contributed by atoms with Crippen LogP contribution in [-0.4, -0.2) is 89.8 Å². The summed E-state index contributed by atoms with van der Waals surface area (Å²) in [4.78, 5) is 63.1. The first-order valence-electron chi connectivity index (χ1n) is 21.2. The molecule has 10 atom stereocenters. The molecular weight excluding hydrogens is 763 g/mol. The van der Waals surface area contributed by atoms with Gasteiger partial charge in [0.05, 0.1) is 24.1 Å². The number of rotatable bonds is 10. The van der Waals surface area contributed by atoms with Gasteiger partial charge in [-0.3, -0.25) is 19.1 Å². The zero-order valence-electron chi connectivity index (χ0n) is 33.9. The molecule has 14 nitrogen and oxygen atoms in total. The third-order valence-corrected chi connectivity index (χ3v) is 15.6. The lowest BCUT2D eigenvalue weighted by Gasteiger charge is -2.33. The lowest BCUT2D eigenvalue weighted by molar-refractivity contribution is -0.142. The van der Waals surface area contributed by atoms with E-state index >= 15 is 0 Å². The Morgan fingerprint density at radius 3 is 2.48 bits per heavy atom. The Hall–Kier alpha value is -4.40. The molecule has 3 N–H and O–H groups in total. The number of allylic oxidation sites excluding steroid dienone is 1. The molecule has 2 aliphatic heterocycles. The van der Waals surface area contributed by atoms with Gasteiger partial charge in [-0.05, 0) is 101 Å². The van der Waals surface area contributed by atoms with Crippen LogP contribution in [0.2, 0.25) is 0 Å². The van der Waals surface area contributed by atoms with Crippen LogP contribution >= 0.6 is 0 Å². The zero-order valence-corrected chi connectivity index (χ0v) is 34.7. The fourth-order valence-electron chi connectivity index (χ4n) is 9.38. The first-order valence-corrected chi connectivity index (χ1v) is 22.7. The first-order chi connectivity index (χ1) is 27.7. The van der Waals surface area contributed by atoms with Gasteiger partial charge in [-0.15, -0.1) is 0 Å². The van der Waals surface area contributed by atoms with E-state index in [2.05, 4.69) is 27.3 Å². The SMILES string of the molecule is CCCOc1cnc(O[C@@H]2C[C@H]3C(=O)N[C@]4(C(=O)NS(=O)(=O)C5(C)CC5)C[C@H]4/C=C\CC[C@@H](C)C[C@@H](C)[C@H](NC(=O)OC4C[C@@H]5C[C@@H]5C4)C(=O)N3C2)c2ccccc12. The average Bonchev–Trinajstić information content (AvgIpc) is 4.14. The number of hydrogen-bond acceptors (Lipinski definition) is 10. The summed E-state index contributed by atoms with van der Waals surface area (Å²) in [6.07, 6.45) is 10.9. The van der Waals surface area contributed by atoms with Crippen LogP contribution in [-0.2, 0) is 29.1 Å². The summed E-state index contributed by atoms with van der Waals surface area (Å²) < 4.78 is 46.1. The van der Waals surface area contributed by atoms with Crippen LogP contribution in [0, 0.1) is 29.6 Å². The Morgan fingerprint density at radius 2 is 1.76 bits per heavy atom. The lowest BCUT2D eigenvalue weighted by atomic mass is 9.88. The van der Waals surface area contributed by atoms with E-state index in [9.17, 15) is 27.6 Å². The van der Waals surface area contributed by atoms with Gasteiger partial charge < -0.3 is 29.7 Å². The normalized spacial score (nSPS) is 34.6. The molecule has 4 aliphatic carbocycles. The minimum absolute atomic E-state index is 0.00222. The van der Waals surface area contributed by atoms with Crippen molar-refractivity contribution in [2.75, 3.05) is 13.2 Å². The maximum absolute atomic E-state index is 14.9. The number of hydrogen-bond donors (Lipinski definition) is 3. The molecule has 1 aromatic heterocycles. The van der Waals surface area contributed by atoms with E-state index in [1.165, 1.54) is 11.3 Å². The van der Waals surface area contributed by atoms with Crippen molar-refractivity contribution in [1.29, 1.82) is 0 Å². The summed E-state index contributed by atoms with van der Waals surface area (Å²) in [7, 11) is -4.00. The molecule has 4 amide bonds. The summed E-state index contributed by atoms with van der Waals surface area (Å²) in [5.41, 5.74) is -1.52. The molecule has 1 saturated heterocycles. The minimum atomic E-state index is -4.00. The summed E-state index contributed by atoms with van der Waals surface area (Å²) in [5.74, 6) is -0.290. The third kappa shape index (κ3) is 8.11. The highest BCUT2D eigenvalue weighted by Crippen LogP contribution is 2.52. The van der Waals surface area contributed by atoms with Crippen molar-refractivity contribution in [1.82, 2.24) is 25.2 Å². The van der Waals surface area contributed by atoms with Gasteiger partial charge in [0.25, 0.3) is 5.91 Å². The van der Waals surface area contributed by atoms with E-state index < -0.39 is 68.2 Å². The van der Waals surface area contributed by atoms with Crippen LogP contribution < -0.4 is 24.8 Å². The minimum Gasteiger partial charge on any atom is -0.491 e. The van der Waals surface area contributed by atoms with E-state index in [-0.39, 0.29) is 37.3 Å². The number of aromatic nitrogens is 1. The van der Waals surface area contributed by atoms with E-state index in [1.54, 1.807) is 13.1 Å². The molecule has 15 heteroatoms. The summed E-state index contributed by atoms with van der Waals surface area (Å²) in [6, 6.07) is 5.45. The standard InChI is InChI=1S/C43H57N5O9S/c1-5-16-55-35-23-44-38(33-13-9-8-12-32(33)35)56-31-21-34-37(49)46-43(40(51)47-58(53,54)42(4)14-15-42)22-29(43)11-7-6-10-25(2)17-26(3)36(39(50)48(34)24-31)45-41(52)57-30-19-27-18-28(27)20-30/h7-9,11-13,23,25-31,34,36H,5-6,10,14-22,24H2,1-4H3,(H,45,52)(H,46,49)(H,47,51)/b11-7-/t25-,26-,27-,28+,29-,30?,31-,34+,36+,43-/m1/s1. The number of ether oxygens (including phenoxy) is 3. The highest BCUT2D eigenvalue weighted by atomic mass is 32.2. The van der Waals surface area contributed by atoms with Crippen LogP contribution in [0.3, 0.4) is 0 Å². The predicted octanol–water partition coefficient (Wildman–Crippen LogP) is 5.15. The summed E-state index contributed by atoms with van der Waals surface area (Å²) in [5, 5.41) is 7.37. The quantitative estimate of drug-likeness (QED) is 0.271. The molecule has 1 aromatic carbocycles. The molecule has 0 spiro atoms. The van der Waals surface area contributed by atoms with Crippen LogP contribution in [0.25, 0.3) is 10.8 Å². The van der Waals surface area contributed by atoms with E-state index in [1.807, 2.05) is 50.3 Å². The second-order valence-electron chi connectivity index (χ2n) is 18.2. The zero-order chi connectivity index (χ0) is 41.0. The van der Waals surface area contributed by atoms with Crippen molar-refractivity contribution in [3.05, 3.63) is 42.6 Å². The van der Waals surface area contributed by atoms with Crippen molar-refractivity contribution in [2.45, 2.75) is 133 Å². The number of carbonyl (C=O) groups is 4. The maximum Gasteiger partial charge on any atom is 0.408 e. The number of pyridine rings is 1. The molecule has 5 fully saturated rings. The molecule has 6 aliphatic rings. The van der Waals surface area contributed by atoms with Gasteiger partial charge in [0.2, 0.25) is 27.7 Å². The maximum atomic E-state index is 14.9. The van der Waals surface area contributed by atoms with E-state index in [0.29, 0.717) is 61.1 Å². The monoisotopic (exact) mass is 819 g/mol. The van der Waals surface area contributed by atoms with E-state index in [4.69, 9.17) is 14.2 Å². The topological polar surface area (TPSA) is 182 Å². The van der Waals surface area contributed by atoms with Gasteiger partial charge in [-0.1, -0.05) is 51.1 Å². The van der Waals surface area contributed by atoms with Gasteiger partial charge in [0.1, 0.15) is 35.6 Å². The largest absolute Gasteiger partial charge is 0.491 e. The first kappa shape index (κ1) is 40.4. The van der Waals surface area contributed by atoms with Crippen molar-refractivity contribution in [3.63, 3.8) is 0 Å². The second kappa shape index (κ2) is 15.6. The molecule has 0 bridgehead atoms. The number of fused-ring (bicyclic) bond motifs is 4. The molecule has 1 unspecified atom stereocenters. The van der Waals surface area contributed by atoms with Crippen molar-refractivity contribution in [2.24, 2.45) is 29.6 Å². The highest BCUT2D eigenvalue weighted by molar-refractivity contribution is 7.91. The van der Waals surface area contributed by atoms with E-state index in [0.717, 1.165) is 31.1 Å². The fraction of sp³-hybridized carbons (Fsp3) is 0.651. The smallest absolute Gasteiger partial charge is 0.408 e. The fourth-order valence-corrected chi connectivity index (χ4v) is 10.7. The number of amides is 4. The summed E-state index contributed by atoms with van der Waals surface area (Å²) in [6.45, 7) is 8.18. The van der Waals surface area contributed by atoms with Gasteiger partial charge in [-0.25, -0.2) is 18.2 Å². The molecule has 58 heavy (non-hydrogen) atoms. The molecule has 8 rings (SSSR count). The average molecular weight is 820 g/mol. The molecule has 2 aromatic rings. The number of carbonyl (C=O) groups excluding carboxylic acids is 4. The van der Waals surface area contributed by atoms with Crippen molar-refractivity contribution in [3.8, 4) is 11.6 Å². The Morgan fingerprint density at radius 1 is 1.02 bits per heavy atom. The number of nitrogens with one attached hydrogen (secondary N) is 3. The summed E-state index contributed by atoms with van der Waals surface area (Å²) >= 11 is 0. The Bertz CT molecular complexity index is 2080. The Labute approximate surface area is 340 Å². The molecule has 3 heterocycles. The molecule has 314 valence electrons. The Balaban J connectivity index is 1.10. The Kier molecular flexibility index (Phi) is 10.9. The third-order valence-electron chi connectivity index (χ3n) is 13.5. The number of nitrogens with zero attached hydrogens (tertiary/aromatic N) is 2. The number of alkyl carbamates (subject to hydrolysis) is 1. The van der Waals surface area contributed by atoms with Gasteiger partial charge in [0, 0.05) is 23.1 Å². The van der Waals surface area contributed by atoms with Gasteiger partial charge in [0.15, 0.2) is 0 Å². The van der Waals surface area contributed by atoms with Crippen LogP contribution in [0.4, 0.5) is 4.79 Å². The molecule has 0 radical (unpaired) electrons. The van der Waals surface area contributed by atoms with Gasteiger partial charge in [-0.2, -0.15) is 0 Å². The van der Waals surface area contributed by atoms with Crippen LogP contribution in [0.15, 0.2) is 42.6 Å². The van der Waals surface area contributed by atoms with Crippen LogP contribution in [0.1, 0.15) is 98.3 Å². The van der Waals surface area contributed by atoms with Crippen molar-refractivity contribution < 1.29 is 41.8 Å². The highest BCUT2D eigenvalue weighted by Gasteiger charge is 2.63. The van der Waals surface area contributed by atoms with Crippen molar-refractivity contribution >= 4 is 44.6 Å². The number of benzene rings is 1. The number of sulfonamides is 1. The predicted molar refractivity (Wildman–Crippen MR) is 215 cm³/mol. The van der Waals surface area contributed by atoms with Crippen LogP contribution in [0.5, 0.6) is 11.6 Å². The molecular formula is C43H57N5O9S. The lowest BCUT2D eigenvalue weighted by Crippen LogP contribution is -2.59.